The molecule has 3 rings (SSSR count). The number of piperidine rings is 2. The summed E-state index contributed by atoms with van der Waals surface area (Å²) in [5.74, 6) is 1.54. The molecule has 0 bridgehead atoms. The molecule has 2 heterocycles. The highest BCUT2D eigenvalue weighted by atomic mass is 16.5. The first-order valence-electron chi connectivity index (χ1n) is 7.15. The number of fused-ring (bicyclic) bond motifs is 1. The Labute approximate surface area is 119 Å². The van der Waals surface area contributed by atoms with Crippen LogP contribution in [0.5, 0.6) is 5.75 Å². The molecule has 2 aliphatic rings. The topological polar surface area (TPSA) is 67.6 Å². The van der Waals surface area contributed by atoms with Gasteiger partial charge < -0.3 is 20.7 Å². The summed E-state index contributed by atoms with van der Waals surface area (Å²) in [6.45, 7) is 1.86. The standard InChI is InChI=1S/C15H21N3O2/c1-20-11-3-4-12(16)14(8-11)18-7-6-13-10(9-18)2-5-15(19)17-13/h3-4,8,10,13H,2,5-7,9,16H2,1H3,(H,17,19). The van der Waals surface area contributed by atoms with Crippen molar-refractivity contribution in [1.29, 1.82) is 0 Å². The van der Waals surface area contributed by atoms with Gasteiger partial charge in [0.05, 0.1) is 18.5 Å². The van der Waals surface area contributed by atoms with E-state index in [9.17, 15) is 4.79 Å². The summed E-state index contributed by atoms with van der Waals surface area (Å²) in [5, 5.41) is 3.11. The minimum absolute atomic E-state index is 0.195. The predicted molar refractivity (Wildman–Crippen MR) is 78.9 cm³/mol. The van der Waals surface area contributed by atoms with Crippen molar-refractivity contribution in [3.63, 3.8) is 0 Å². The average molecular weight is 275 g/mol. The Bertz CT molecular complexity index is 518. The SMILES string of the molecule is COc1ccc(N)c(N2CCC3NC(=O)CCC3C2)c1. The number of amides is 1. The zero-order valence-corrected chi connectivity index (χ0v) is 11.8. The molecule has 3 N–H and O–H groups in total. The van der Waals surface area contributed by atoms with Crippen molar-refractivity contribution in [2.75, 3.05) is 30.8 Å². The third-order valence-electron chi connectivity index (χ3n) is 4.40. The first kappa shape index (κ1) is 13.1. The number of nitrogens with one attached hydrogen (secondary N) is 1. The summed E-state index contributed by atoms with van der Waals surface area (Å²) >= 11 is 0. The number of hydrogen-bond acceptors (Lipinski definition) is 4. The number of carbonyl (C=O) groups is 1. The second kappa shape index (κ2) is 5.23. The molecule has 2 saturated heterocycles. The molecule has 1 amide bonds. The fourth-order valence-corrected chi connectivity index (χ4v) is 3.25. The number of benzene rings is 1. The molecular formula is C15H21N3O2. The molecule has 2 unspecified atom stereocenters. The highest BCUT2D eigenvalue weighted by molar-refractivity contribution is 5.77. The summed E-state index contributed by atoms with van der Waals surface area (Å²) < 4.78 is 5.28. The smallest absolute Gasteiger partial charge is 0.220 e. The van der Waals surface area contributed by atoms with E-state index in [1.54, 1.807) is 7.11 Å². The van der Waals surface area contributed by atoms with Crippen LogP contribution in [0, 0.1) is 5.92 Å². The summed E-state index contributed by atoms with van der Waals surface area (Å²) in [6, 6.07) is 6.10. The number of anilines is 2. The van der Waals surface area contributed by atoms with Crippen LogP contribution in [-0.2, 0) is 4.79 Å². The first-order valence-corrected chi connectivity index (χ1v) is 7.15. The molecule has 0 aromatic heterocycles. The van der Waals surface area contributed by atoms with Crippen LogP contribution in [0.15, 0.2) is 18.2 Å². The number of nitrogen functional groups attached to an aromatic ring is 1. The molecule has 1 aromatic rings. The van der Waals surface area contributed by atoms with Crippen molar-refractivity contribution >= 4 is 17.3 Å². The van der Waals surface area contributed by atoms with Crippen LogP contribution >= 0.6 is 0 Å². The van der Waals surface area contributed by atoms with Gasteiger partial charge in [-0.1, -0.05) is 0 Å². The molecule has 0 radical (unpaired) electrons. The zero-order valence-electron chi connectivity index (χ0n) is 11.8. The van der Waals surface area contributed by atoms with E-state index in [4.69, 9.17) is 10.5 Å². The fourth-order valence-electron chi connectivity index (χ4n) is 3.25. The van der Waals surface area contributed by atoms with Gasteiger partial charge in [-0.2, -0.15) is 0 Å². The summed E-state index contributed by atoms with van der Waals surface area (Å²) in [7, 11) is 1.66. The molecule has 2 fully saturated rings. The van der Waals surface area contributed by atoms with Crippen LogP contribution in [0.3, 0.4) is 0 Å². The van der Waals surface area contributed by atoms with E-state index in [1.807, 2.05) is 18.2 Å². The molecule has 5 nitrogen and oxygen atoms in total. The summed E-state index contributed by atoms with van der Waals surface area (Å²) in [4.78, 5) is 13.8. The lowest BCUT2D eigenvalue weighted by Crippen LogP contribution is -2.54. The Morgan fingerprint density at radius 1 is 1.40 bits per heavy atom. The van der Waals surface area contributed by atoms with Crippen molar-refractivity contribution in [3.8, 4) is 5.75 Å². The van der Waals surface area contributed by atoms with Crippen LogP contribution in [0.1, 0.15) is 19.3 Å². The Balaban J connectivity index is 1.77. The number of nitrogens with zero attached hydrogens (tertiary/aromatic N) is 1. The van der Waals surface area contributed by atoms with E-state index >= 15 is 0 Å². The minimum Gasteiger partial charge on any atom is -0.497 e. The summed E-state index contributed by atoms with van der Waals surface area (Å²) in [5.41, 5.74) is 7.92. The average Bonchev–Trinajstić information content (AvgIpc) is 2.47. The lowest BCUT2D eigenvalue weighted by molar-refractivity contribution is -0.124. The van der Waals surface area contributed by atoms with Crippen molar-refractivity contribution in [3.05, 3.63) is 18.2 Å². The molecule has 0 spiro atoms. The van der Waals surface area contributed by atoms with E-state index in [1.165, 1.54) is 0 Å². The normalized spacial score (nSPS) is 25.9. The van der Waals surface area contributed by atoms with Gasteiger partial charge in [-0.3, -0.25) is 4.79 Å². The van der Waals surface area contributed by atoms with Crippen LogP contribution in [-0.4, -0.2) is 32.1 Å². The molecule has 2 aliphatic heterocycles. The monoisotopic (exact) mass is 275 g/mol. The van der Waals surface area contributed by atoms with Crippen LogP contribution in [0.4, 0.5) is 11.4 Å². The maximum absolute atomic E-state index is 11.4. The van der Waals surface area contributed by atoms with Crippen molar-refractivity contribution in [2.45, 2.75) is 25.3 Å². The maximum Gasteiger partial charge on any atom is 0.220 e. The second-order valence-electron chi connectivity index (χ2n) is 5.63. The quantitative estimate of drug-likeness (QED) is 0.800. The predicted octanol–water partition coefficient (Wildman–Crippen LogP) is 1.38. The molecule has 5 heteroatoms. The summed E-state index contributed by atoms with van der Waals surface area (Å²) in [6.07, 6.45) is 2.59. The van der Waals surface area contributed by atoms with Crippen molar-refractivity contribution in [2.24, 2.45) is 5.92 Å². The van der Waals surface area contributed by atoms with Crippen LogP contribution in [0.2, 0.25) is 0 Å². The molecule has 20 heavy (non-hydrogen) atoms. The highest BCUT2D eigenvalue weighted by Crippen LogP contribution is 2.33. The maximum atomic E-state index is 11.4. The minimum atomic E-state index is 0.195. The van der Waals surface area contributed by atoms with Gasteiger partial charge in [0.25, 0.3) is 0 Å². The Morgan fingerprint density at radius 3 is 3.05 bits per heavy atom. The number of ether oxygens (including phenoxy) is 1. The van der Waals surface area contributed by atoms with Crippen LogP contribution < -0.4 is 20.7 Å². The second-order valence-corrected chi connectivity index (χ2v) is 5.63. The van der Waals surface area contributed by atoms with Gasteiger partial charge in [-0.15, -0.1) is 0 Å². The number of nitrogens with two attached hydrogens (primary N) is 1. The van der Waals surface area contributed by atoms with Gasteiger partial charge in [0.2, 0.25) is 5.91 Å². The zero-order chi connectivity index (χ0) is 14.1. The van der Waals surface area contributed by atoms with E-state index in [0.717, 1.165) is 43.1 Å². The Hall–Kier alpha value is -1.91. The van der Waals surface area contributed by atoms with Gasteiger partial charge in [0.1, 0.15) is 5.75 Å². The van der Waals surface area contributed by atoms with E-state index in [2.05, 4.69) is 10.2 Å². The van der Waals surface area contributed by atoms with Gasteiger partial charge in [0, 0.05) is 31.6 Å². The number of rotatable bonds is 2. The van der Waals surface area contributed by atoms with Crippen molar-refractivity contribution in [1.82, 2.24) is 5.32 Å². The third-order valence-corrected chi connectivity index (χ3v) is 4.40. The van der Waals surface area contributed by atoms with Crippen LogP contribution in [0.25, 0.3) is 0 Å². The van der Waals surface area contributed by atoms with Crippen molar-refractivity contribution < 1.29 is 9.53 Å². The lowest BCUT2D eigenvalue weighted by atomic mass is 9.85. The molecular weight excluding hydrogens is 254 g/mol. The van der Waals surface area contributed by atoms with E-state index in [-0.39, 0.29) is 5.91 Å². The first-order chi connectivity index (χ1) is 9.67. The number of carbonyl (C=O) groups excluding carboxylic acids is 1. The van der Waals surface area contributed by atoms with E-state index in [0.29, 0.717) is 18.4 Å². The lowest BCUT2D eigenvalue weighted by Gasteiger charge is -2.42. The Kier molecular flexibility index (Phi) is 3.42. The largest absolute Gasteiger partial charge is 0.497 e. The molecule has 1 aromatic carbocycles. The highest BCUT2D eigenvalue weighted by Gasteiger charge is 2.34. The molecule has 108 valence electrons. The molecule has 0 aliphatic carbocycles. The van der Waals surface area contributed by atoms with Gasteiger partial charge >= 0.3 is 0 Å². The molecule has 0 saturated carbocycles. The van der Waals surface area contributed by atoms with Gasteiger partial charge in [-0.05, 0) is 30.9 Å². The van der Waals surface area contributed by atoms with E-state index < -0.39 is 0 Å². The number of hydrogen-bond donors (Lipinski definition) is 2. The fraction of sp³-hybridized carbons (Fsp3) is 0.533. The van der Waals surface area contributed by atoms with Gasteiger partial charge in [0.15, 0.2) is 0 Å². The molecule has 2 atom stereocenters. The number of methoxy groups -OCH3 is 1. The Morgan fingerprint density at radius 2 is 2.25 bits per heavy atom. The third kappa shape index (κ3) is 2.40. The van der Waals surface area contributed by atoms with Gasteiger partial charge in [-0.25, -0.2) is 0 Å².